The first kappa shape index (κ1) is 19.7. The smallest absolute Gasteiger partial charge is 0.325 e. The number of hydrogen-bond acceptors (Lipinski definition) is 4. The normalized spacial score (nSPS) is 24.9. The van der Waals surface area contributed by atoms with Crippen LogP contribution in [0.1, 0.15) is 38.2 Å². The maximum Gasteiger partial charge on any atom is 0.325 e. The first-order valence-corrected chi connectivity index (χ1v) is 10.7. The van der Waals surface area contributed by atoms with Crippen LogP contribution in [0.15, 0.2) is 30.3 Å². The highest BCUT2D eigenvalue weighted by molar-refractivity contribution is 7.98. The van der Waals surface area contributed by atoms with Crippen LogP contribution in [0.4, 0.5) is 4.79 Å². The number of rotatable bonds is 7. The van der Waals surface area contributed by atoms with Crippen molar-refractivity contribution in [3.63, 3.8) is 0 Å². The summed E-state index contributed by atoms with van der Waals surface area (Å²) >= 11 is 1.74. The molecule has 2 aliphatic rings. The molecule has 1 spiro atoms. The molecule has 1 saturated carbocycles. The lowest BCUT2D eigenvalue weighted by Gasteiger charge is -2.36. The van der Waals surface area contributed by atoms with Gasteiger partial charge in [0.2, 0.25) is 5.91 Å². The number of benzene rings is 1. The molecule has 0 unspecified atom stereocenters. The molecule has 2 atom stereocenters. The molecule has 0 bridgehead atoms. The number of nitrogens with zero attached hydrogens (tertiary/aromatic N) is 1. The number of imide groups is 1. The van der Waals surface area contributed by atoms with E-state index in [9.17, 15) is 14.4 Å². The highest BCUT2D eigenvalue weighted by Gasteiger charge is 2.55. The van der Waals surface area contributed by atoms with Crippen LogP contribution in [0.2, 0.25) is 0 Å². The third-order valence-electron chi connectivity index (χ3n) is 5.48. The maximum atomic E-state index is 12.8. The van der Waals surface area contributed by atoms with E-state index < -0.39 is 11.6 Å². The van der Waals surface area contributed by atoms with Crippen LogP contribution in [0.5, 0.6) is 0 Å². The van der Waals surface area contributed by atoms with Crippen molar-refractivity contribution in [3.05, 3.63) is 35.9 Å². The van der Waals surface area contributed by atoms with Gasteiger partial charge in [0.1, 0.15) is 12.1 Å². The first-order chi connectivity index (χ1) is 13.0. The van der Waals surface area contributed by atoms with Gasteiger partial charge in [-0.1, -0.05) is 50.1 Å². The van der Waals surface area contributed by atoms with Gasteiger partial charge in [-0.05, 0) is 24.3 Å². The molecule has 3 rings (SSSR count). The van der Waals surface area contributed by atoms with Crippen molar-refractivity contribution in [2.45, 2.75) is 43.9 Å². The van der Waals surface area contributed by atoms with E-state index in [0.29, 0.717) is 13.0 Å². The van der Waals surface area contributed by atoms with Crippen LogP contribution in [0.3, 0.4) is 0 Å². The van der Waals surface area contributed by atoms with E-state index in [1.807, 2.05) is 25.1 Å². The maximum absolute atomic E-state index is 12.8. The van der Waals surface area contributed by atoms with Crippen LogP contribution in [0.25, 0.3) is 0 Å². The summed E-state index contributed by atoms with van der Waals surface area (Å²) in [6.45, 7) is 2.31. The lowest BCUT2D eigenvalue weighted by atomic mass is 9.73. The summed E-state index contributed by atoms with van der Waals surface area (Å²) in [5, 5.41) is 5.68. The molecule has 4 amide bonds. The fourth-order valence-electron chi connectivity index (χ4n) is 3.87. The van der Waals surface area contributed by atoms with Gasteiger partial charge in [0.25, 0.3) is 5.91 Å². The van der Waals surface area contributed by atoms with Crippen molar-refractivity contribution < 1.29 is 14.4 Å². The van der Waals surface area contributed by atoms with E-state index in [4.69, 9.17) is 0 Å². The molecule has 27 heavy (non-hydrogen) atoms. The summed E-state index contributed by atoms with van der Waals surface area (Å²) in [4.78, 5) is 38.4. The number of nitrogens with one attached hydrogen (secondary N) is 2. The third-order valence-corrected chi connectivity index (χ3v) is 6.51. The fourth-order valence-corrected chi connectivity index (χ4v) is 4.68. The standard InChI is InChI=1S/C20H27N3O3S/c1-15-7-5-6-10-20(15)18(25)23(19(26)22-20)13-17(24)21-11-12-27-14-16-8-3-2-4-9-16/h2-4,8-9,15H,5-7,10-14H2,1H3,(H,21,24)(H,22,26)/t15-,20-/m0/s1. The van der Waals surface area contributed by atoms with Crippen LogP contribution < -0.4 is 10.6 Å². The summed E-state index contributed by atoms with van der Waals surface area (Å²) in [6, 6.07) is 9.71. The zero-order chi connectivity index (χ0) is 19.3. The van der Waals surface area contributed by atoms with E-state index in [1.165, 1.54) is 5.56 Å². The van der Waals surface area contributed by atoms with Gasteiger partial charge >= 0.3 is 6.03 Å². The minimum atomic E-state index is -0.804. The molecule has 2 fully saturated rings. The van der Waals surface area contributed by atoms with E-state index in [0.717, 1.165) is 35.7 Å². The molecular weight excluding hydrogens is 362 g/mol. The predicted octanol–water partition coefficient (Wildman–Crippen LogP) is 2.54. The monoisotopic (exact) mass is 389 g/mol. The zero-order valence-electron chi connectivity index (χ0n) is 15.7. The largest absolute Gasteiger partial charge is 0.354 e. The van der Waals surface area contributed by atoms with Gasteiger partial charge < -0.3 is 10.6 Å². The minimum Gasteiger partial charge on any atom is -0.354 e. The molecule has 7 heteroatoms. The van der Waals surface area contributed by atoms with Crippen molar-refractivity contribution in [1.82, 2.24) is 15.5 Å². The number of urea groups is 1. The number of carbonyl (C=O) groups is 3. The molecule has 6 nitrogen and oxygen atoms in total. The van der Waals surface area contributed by atoms with Crippen LogP contribution in [-0.4, -0.2) is 47.1 Å². The minimum absolute atomic E-state index is 0.102. The molecule has 146 valence electrons. The average Bonchev–Trinajstić information content (AvgIpc) is 2.90. The van der Waals surface area contributed by atoms with Crippen molar-refractivity contribution >= 4 is 29.6 Å². The molecule has 0 aromatic heterocycles. The molecule has 1 heterocycles. The van der Waals surface area contributed by atoms with E-state index in [-0.39, 0.29) is 24.3 Å². The molecule has 2 N–H and O–H groups in total. The Balaban J connectivity index is 1.42. The summed E-state index contributed by atoms with van der Waals surface area (Å²) in [6.07, 6.45) is 3.58. The molecule has 1 aromatic carbocycles. The summed E-state index contributed by atoms with van der Waals surface area (Å²) in [7, 11) is 0. The summed E-state index contributed by atoms with van der Waals surface area (Å²) < 4.78 is 0. The highest BCUT2D eigenvalue weighted by Crippen LogP contribution is 2.38. The molecule has 0 radical (unpaired) electrons. The molecule has 1 aliphatic heterocycles. The van der Waals surface area contributed by atoms with Crippen molar-refractivity contribution in [2.24, 2.45) is 5.92 Å². The van der Waals surface area contributed by atoms with Crippen molar-refractivity contribution in [1.29, 1.82) is 0 Å². The van der Waals surface area contributed by atoms with Crippen LogP contribution in [-0.2, 0) is 15.3 Å². The van der Waals surface area contributed by atoms with Crippen LogP contribution >= 0.6 is 11.8 Å². The zero-order valence-corrected chi connectivity index (χ0v) is 16.5. The Morgan fingerprint density at radius 3 is 2.81 bits per heavy atom. The average molecular weight is 390 g/mol. The van der Waals surface area contributed by atoms with Crippen molar-refractivity contribution in [3.8, 4) is 0 Å². The van der Waals surface area contributed by atoms with Crippen molar-refractivity contribution in [2.75, 3.05) is 18.8 Å². The molecular formula is C20H27N3O3S. The Kier molecular flexibility index (Phi) is 6.42. The third kappa shape index (κ3) is 4.46. The summed E-state index contributed by atoms with van der Waals surface area (Å²) in [5.74, 6) is 1.24. The number of amides is 4. The Morgan fingerprint density at radius 2 is 2.07 bits per heavy atom. The second-order valence-corrected chi connectivity index (χ2v) is 8.43. The predicted molar refractivity (Wildman–Crippen MR) is 106 cm³/mol. The number of carbonyl (C=O) groups excluding carboxylic acids is 3. The van der Waals surface area contributed by atoms with E-state index in [1.54, 1.807) is 11.8 Å². The molecule has 1 aliphatic carbocycles. The molecule has 1 aromatic rings. The van der Waals surface area contributed by atoms with Gasteiger partial charge in [0, 0.05) is 18.1 Å². The molecule has 1 saturated heterocycles. The number of thioether (sulfide) groups is 1. The van der Waals surface area contributed by atoms with Gasteiger partial charge in [-0.25, -0.2) is 4.79 Å². The van der Waals surface area contributed by atoms with Crippen LogP contribution in [0, 0.1) is 5.92 Å². The van der Waals surface area contributed by atoms with Gasteiger partial charge in [-0.3, -0.25) is 14.5 Å². The second kappa shape index (κ2) is 8.78. The lowest BCUT2D eigenvalue weighted by molar-refractivity contribution is -0.137. The number of hydrogen-bond donors (Lipinski definition) is 2. The quantitative estimate of drug-likeness (QED) is 0.555. The Hall–Kier alpha value is -2.02. The van der Waals surface area contributed by atoms with E-state index in [2.05, 4.69) is 22.8 Å². The van der Waals surface area contributed by atoms with Gasteiger partial charge in [0.15, 0.2) is 0 Å². The first-order valence-electron chi connectivity index (χ1n) is 9.55. The van der Waals surface area contributed by atoms with E-state index >= 15 is 0 Å². The summed E-state index contributed by atoms with van der Waals surface area (Å²) in [5.41, 5.74) is 0.446. The topological polar surface area (TPSA) is 78.5 Å². The SMILES string of the molecule is C[C@H]1CCCC[C@]12NC(=O)N(CC(=O)NCCSCc1ccccc1)C2=O. The Labute approximate surface area is 164 Å². The Morgan fingerprint density at radius 1 is 1.30 bits per heavy atom. The fraction of sp³-hybridized carbons (Fsp3) is 0.550. The van der Waals surface area contributed by atoms with Gasteiger partial charge in [-0.15, -0.1) is 0 Å². The lowest BCUT2D eigenvalue weighted by Crippen LogP contribution is -2.54. The second-order valence-electron chi connectivity index (χ2n) is 7.33. The van der Waals surface area contributed by atoms with Gasteiger partial charge in [0.05, 0.1) is 0 Å². The highest BCUT2D eigenvalue weighted by atomic mass is 32.2. The van der Waals surface area contributed by atoms with Gasteiger partial charge in [-0.2, -0.15) is 11.8 Å². The Bertz CT molecular complexity index is 697.